The van der Waals surface area contributed by atoms with Crippen LogP contribution in [0.1, 0.15) is 15.2 Å². The summed E-state index contributed by atoms with van der Waals surface area (Å²) in [7, 11) is 0. The highest BCUT2D eigenvalue weighted by Gasteiger charge is 2.14. The fraction of sp³-hybridized carbons (Fsp3) is 0.0588. The number of thiazole rings is 1. The molecule has 26 heavy (non-hydrogen) atoms. The SMILES string of the molecule is O=C(Oc1ccc([N+](=O)[O-])cc1)c1ccccc1NCc1cnc(Cl)s1. The lowest BCUT2D eigenvalue weighted by atomic mass is 10.2. The summed E-state index contributed by atoms with van der Waals surface area (Å²) < 4.78 is 5.75. The Morgan fingerprint density at radius 1 is 1.23 bits per heavy atom. The van der Waals surface area contributed by atoms with Gasteiger partial charge >= 0.3 is 5.97 Å². The second-order valence-corrected chi connectivity index (χ2v) is 6.82. The molecule has 9 heteroatoms. The van der Waals surface area contributed by atoms with Crippen LogP contribution in [-0.4, -0.2) is 15.9 Å². The van der Waals surface area contributed by atoms with Crippen molar-refractivity contribution in [2.24, 2.45) is 0 Å². The minimum atomic E-state index is -0.565. The molecule has 1 aromatic heterocycles. The van der Waals surface area contributed by atoms with Crippen LogP contribution in [0, 0.1) is 10.1 Å². The van der Waals surface area contributed by atoms with Crippen molar-refractivity contribution >= 4 is 40.3 Å². The van der Waals surface area contributed by atoms with Crippen LogP contribution in [0.3, 0.4) is 0 Å². The van der Waals surface area contributed by atoms with Crippen LogP contribution < -0.4 is 10.1 Å². The molecule has 0 saturated heterocycles. The number of anilines is 1. The molecule has 0 spiro atoms. The number of benzene rings is 2. The Labute approximate surface area is 157 Å². The van der Waals surface area contributed by atoms with E-state index in [9.17, 15) is 14.9 Å². The minimum absolute atomic E-state index is 0.0740. The van der Waals surface area contributed by atoms with E-state index in [1.54, 1.807) is 30.5 Å². The van der Waals surface area contributed by atoms with Crippen LogP contribution in [-0.2, 0) is 6.54 Å². The lowest BCUT2D eigenvalue weighted by Crippen LogP contribution is -2.12. The first-order valence-electron chi connectivity index (χ1n) is 7.42. The van der Waals surface area contributed by atoms with Crippen molar-refractivity contribution in [1.29, 1.82) is 0 Å². The summed E-state index contributed by atoms with van der Waals surface area (Å²) in [6.45, 7) is 0.464. The number of nitro benzene ring substituents is 1. The van der Waals surface area contributed by atoms with Crippen molar-refractivity contribution in [2.75, 3.05) is 5.32 Å². The Kier molecular flexibility index (Phi) is 5.45. The summed E-state index contributed by atoms with van der Waals surface area (Å²) >= 11 is 7.16. The fourth-order valence-electron chi connectivity index (χ4n) is 2.16. The predicted octanol–water partition coefficient (Wildman–Crippen LogP) is 4.54. The van der Waals surface area contributed by atoms with E-state index in [1.165, 1.54) is 35.6 Å². The van der Waals surface area contributed by atoms with Crippen LogP contribution in [0.5, 0.6) is 5.75 Å². The molecule has 0 bridgehead atoms. The number of non-ortho nitro benzene ring substituents is 1. The molecule has 0 aliphatic carbocycles. The second-order valence-electron chi connectivity index (χ2n) is 5.12. The second kappa shape index (κ2) is 7.94. The Balaban J connectivity index is 1.71. The molecule has 0 radical (unpaired) electrons. The third-order valence-electron chi connectivity index (χ3n) is 3.38. The maximum absolute atomic E-state index is 12.4. The Morgan fingerprint density at radius 3 is 2.62 bits per heavy atom. The van der Waals surface area contributed by atoms with Gasteiger partial charge in [0.1, 0.15) is 5.75 Å². The zero-order valence-electron chi connectivity index (χ0n) is 13.2. The molecule has 3 rings (SSSR count). The van der Waals surface area contributed by atoms with Gasteiger partial charge in [-0.1, -0.05) is 23.7 Å². The lowest BCUT2D eigenvalue weighted by Gasteiger charge is -2.11. The highest BCUT2D eigenvalue weighted by molar-refractivity contribution is 7.15. The first kappa shape index (κ1) is 17.8. The van der Waals surface area contributed by atoms with E-state index < -0.39 is 10.9 Å². The monoisotopic (exact) mass is 389 g/mol. The van der Waals surface area contributed by atoms with E-state index in [0.717, 1.165) is 4.88 Å². The molecule has 0 atom stereocenters. The maximum Gasteiger partial charge on any atom is 0.345 e. The highest BCUT2D eigenvalue weighted by Crippen LogP contribution is 2.23. The summed E-state index contributed by atoms with van der Waals surface area (Å²) in [6, 6.07) is 12.2. The Bertz CT molecular complexity index is 943. The number of aromatic nitrogens is 1. The van der Waals surface area contributed by atoms with Crippen LogP contribution in [0.2, 0.25) is 4.47 Å². The summed E-state index contributed by atoms with van der Waals surface area (Å²) in [6.07, 6.45) is 1.66. The number of hydrogen-bond acceptors (Lipinski definition) is 7. The number of para-hydroxylation sites is 1. The molecular weight excluding hydrogens is 378 g/mol. The van der Waals surface area contributed by atoms with Gasteiger partial charge in [0.2, 0.25) is 0 Å². The van der Waals surface area contributed by atoms with Gasteiger partial charge in [-0.15, -0.1) is 11.3 Å². The predicted molar refractivity (Wildman–Crippen MR) is 98.9 cm³/mol. The smallest absolute Gasteiger partial charge is 0.345 e. The van der Waals surface area contributed by atoms with E-state index >= 15 is 0 Å². The summed E-state index contributed by atoms with van der Waals surface area (Å²) in [5, 5.41) is 13.8. The topological polar surface area (TPSA) is 94.4 Å². The quantitative estimate of drug-likeness (QED) is 0.288. The van der Waals surface area contributed by atoms with Crippen LogP contribution in [0.15, 0.2) is 54.7 Å². The van der Waals surface area contributed by atoms with E-state index in [1.807, 2.05) is 0 Å². The van der Waals surface area contributed by atoms with Crippen molar-refractivity contribution in [3.05, 3.63) is 79.7 Å². The highest BCUT2D eigenvalue weighted by atomic mass is 35.5. The molecule has 3 aromatic rings. The average molecular weight is 390 g/mol. The molecule has 132 valence electrons. The number of nitrogens with one attached hydrogen (secondary N) is 1. The number of nitrogens with zero attached hydrogens (tertiary/aromatic N) is 2. The normalized spacial score (nSPS) is 10.3. The molecule has 0 aliphatic heterocycles. The zero-order chi connectivity index (χ0) is 18.5. The molecule has 0 fully saturated rings. The Morgan fingerprint density at radius 2 is 1.96 bits per heavy atom. The first-order chi connectivity index (χ1) is 12.5. The van der Waals surface area contributed by atoms with Gasteiger partial charge in [-0.3, -0.25) is 10.1 Å². The Hall–Kier alpha value is -2.97. The van der Waals surface area contributed by atoms with Gasteiger partial charge in [-0.25, -0.2) is 9.78 Å². The van der Waals surface area contributed by atoms with Gasteiger partial charge in [0.25, 0.3) is 5.69 Å². The van der Waals surface area contributed by atoms with E-state index in [2.05, 4.69) is 10.3 Å². The standard InChI is InChI=1S/C17H12ClN3O4S/c18-17-20-10-13(26-17)9-19-15-4-2-1-3-14(15)16(22)25-12-7-5-11(6-8-12)21(23)24/h1-8,10,19H,9H2. The number of carbonyl (C=O) groups excluding carboxylic acids is 1. The summed E-state index contributed by atoms with van der Waals surface area (Å²) in [5.74, 6) is -0.339. The number of esters is 1. The first-order valence-corrected chi connectivity index (χ1v) is 8.62. The van der Waals surface area contributed by atoms with Gasteiger partial charge in [0, 0.05) is 28.9 Å². The molecule has 0 saturated carbocycles. The molecule has 0 unspecified atom stereocenters. The molecule has 1 heterocycles. The molecule has 0 amide bonds. The summed E-state index contributed by atoms with van der Waals surface area (Å²) in [5.41, 5.74) is 0.875. The van der Waals surface area contributed by atoms with Gasteiger partial charge in [-0.05, 0) is 24.3 Å². The van der Waals surface area contributed by atoms with E-state index in [0.29, 0.717) is 22.3 Å². The van der Waals surface area contributed by atoms with Gasteiger partial charge in [0.05, 0.1) is 17.0 Å². The van der Waals surface area contributed by atoms with Crippen LogP contribution in [0.4, 0.5) is 11.4 Å². The van der Waals surface area contributed by atoms with E-state index in [-0.39, 0.29) is 11.4 Å². The molecule has 0 aliphatic rings. The number of halogens is 1. The third kappa shape index (κ3) is 4.35. The average Bonchev–Trinajstić information content (AvgIpc) is 3.06. The zero-order valence-corrected chi connectivity index (χ0v) is 14.8. The molecule has 2 aromatic carbocycles. The van der Waals surface area contributed by atoms with Crippen molar-refractivity contribution in [2.45, 2.75) is 6.54 Å². The van der Waals surface area contributed by atoms with Crippen molar-refractivity contribution < 1.29 is 14.5 Å². The number of nitro groups is 1. The molecule has 7 nitrogen and oxygen atoms in total. The number of ether oxygens (including phenoxy) is 1. The van der Waals surface area contributed by atoms with Gasteiger partial charge in [-0.2, -0.15) is 0 Å². The number of hydrogen-bond donors (Lipinski definition) is 1. The van der Waals surface area contributed by atoms with Crippen molar-refractivity contribution in [1.82, 2.24) is 4.98 Å². The van der Waals surface area contributed by atoms with Crippen LogP contribution in [0.25, 0.3) is 0 Å². The van der Waals surface area contributed by atoms with Gasteiger partial charge < -0.3 is 10.1 Å². The van der Waals surface area contributed by atoms with Crippen molar-refractivity contribution in [3.8, 4) is 5.75 Å². The number of rotatable bonds is 6. The van der Waals surface area contributed by atoms with Crippen LogP contribution >= 0.6 is 22.9 Å². The third-order valence-corrected chi connectivity index (χ3v) is 4.50. The van der Waals surface area contributed by atoms with Crippen molar-refractivity contribution in [3.63, 3.8) is 0 Å². The lowest BCUT2D eigenvalue weighted by molar-refractivity contribution is -0.384. The largest absolute Gasteiger partial charge is 0.423 e. The summed E-state index contributed by atoms with van der Waals surface area (Å²) in [4.78, 5) is 27.5. The van der Waals surface area contributed by atoms with Gasteiger partial charge in [0.15, 0.2) is 4.47 Å². The fourth-order valence-corrected chi connectivity index (χ4v) is 3.08. The number of carbonyl (C=O) groups is 1. The van der Waals surface area contributed by atoms with E-state index in [4.69, 9.17) is 16.3 Å². The molecular formula is C17H12ClN3O4S. The minimum Gasteiger partial charge on any atom is -0.423 e. The maximum atomic E-state index is 12.4. The molecule has 1 N–H and O–H groups in total.